The van der Waals surface area contributed by atoms with Gasteiger partial charge in [-0.15, -0.1) is 0 Å². The largest absolute Gasteiger partial charge is 0.461 e. The van der Waals surface area contributed by atoms with Crippen LogP contribution in [-0.4, -0.2) is 42.5 Å². The van der Waals surface area contributed by atoms with Gasteiger partial charge in [-0.25, -0.2) is 0 Å². The molecule has 4 nitrogen and oxygen atoms in total. The Labute approximate surface area is 107 Å². The fourth-order valence-electron chi connectivity index (χ4n) is 3.28. The Hall–Kier alpha value is -1.13. The minimum Gasteiger partial charge on any atom is -0.461 e. The van der Waals surface area contributed by atoms with Crippen molar-refractivity contribution in [3.8, 4) is 0 Å². The predicted molar refractivity (Wildman–Crippen MR) is 66.6 cm³/mol. The van der Waals surface area contributed by atoms with Crippen LogP contribution in [0.5, 0.6) is 0 Å². The van der Waals surface area contributed by atoms with Crippen molar-refractivity contribution in [1.82, 2.24) is 4.90 Å². The van der Waals surface area contributed by atoms with Crippen molar-refractivity contribution >= 4 is 5.78 Å². The SMILES string of the molecule is O=C(c1ccco1)C1(N2CCOCC2)CCCC1. The fraction of sp³-hybridized carbons (Fsp3) is 0.643. The van der Waals surface area contributed by atoms with E-state index in [0.717, 1.165) is 52.0 Å². The maximum atomic E-state index is 12.8. The zero-order valence-electron chi connectivity index (χ0n) is 10.6. The number of carbonyl (C=O) groups is 1. The van der Waals surface area contributed by atoms with Gasteiger partial charge >= 0.3 is 0 Å². The second-order valence-corrected chi connectivity index (χ2v) is 5.14. The van der Waals surface area contributed by atoms with Crippen molar-refractivity contribution in [3.63, 3.8) is 0 Å². The molecule has 3 rings (SSSR count). The van der Waals surface area contributed by atoms with Crippen LogP contribution in [0.25, 0.3) is 0 Å². The van der Waals surface area contributed by atoms with Gasteiger partial charge in [-0.1, -0.05) is 12.8 Å². The van der Waals surface area contributed by atoms with Crippen molar-refractivity contribution in [1.29, 1.82) is 0 Å². The van der Waals surface area contributed by atoms with E-state index in [1.165, 1.54) is 0 Å². The van der Waals surface area contributed by atoms with Gasteiger partial charge in [0.2, 0.25) is 5.78 Å². The fourth-order valence-corrected chi connectivity index (χ4v) is 3.28. The van der Waals surface area contributed by atoms with Gasteiger partial charge in [-0.2, -0.15) is 0 Å². The molecule has 4 heteroatoms. The number of ketones is 1. The summed E-state index contributed by atoms with van der Waals surface area (Å²) in [6.45, 7) is 3.17. The number of ether oxygens (including phenoxy) is 1. The molecule has 0 amide bonds. The highest BCUT2D eigenvalue weighted by Crippen LogP contribution is 2.38. The van der Waals surface area contributed by atoms with E-state index >= 15 is 0 Å². The molecule has 1 aliphatic carbocycles. The first kappa shape index (κ1) is 11.9. The highest BCUT2D eigenvalue weighted by molar-refractivity contribution is 6.01. The van der Waals surface area contributed by atoms with E-state index in [4.69, 9.17) is 9.15 Å². The summed E-state index contributed by atoms with van der Waals surface area (Å²) in [4.78, 5) is 15.1. The number of morpholine rings is 1. The van der Waals surface area contributed by atoms with Gasteiger partial charge in [0.15, 0.2) is 5.76 Å². The minimum absolute atomic E-state index is 0.159. The van der Waals surface area contributed by atoms with Gasteiger partial charge in [-0.05, 0) is 25.0 Å². The second kappa shape index (κ2) is 4.86. The van der Waals surface area contributed by atoms with Crippen LogP contribution in [0, 0.1) is 0 Å². The lowest BCUT2D eigenvalue weighted by atomic mass is 9.88. The third-order valence-electron chi connectivity index (χ3n) is 4.21. The molecule has 1 saturated heterocycles. The molecule has 0 aromatic carbocycles. The van der Waals surface area contributed by atoms with Gasteiger partial charge in [0.05, 0.1) is 25.0 Å². The summed E-state index contributed by atoms with van der Waals surface area (Å²) in [7, 11) is 0. The van der Waals surface area contributed by atoms with Gasteiger partial charge < -0.3 is 9.15 Å². The Morgan fingerprint density at radius 1 is 1.22 bits per heavy atom. The molecule has 18 heavy (non-hydrogen) atoms. The minimum atomic E-state index is -0.332. The molecule has 1 aliphatic heterocycles. The third kappa shape index (κ3) is 1.89. The quantitative estimate of drug-likeness (QED) is 0.769. The summed E-state index contributed by atoms with van der Waals surface area (Å²) in [5.74, 6) is 0.662. The molecule has 1 saturated carbocycles. The van der Waals surface area contributed by atoms with E-state index < -0.39 is 0 Å². The number of furan rings is 1. The highest BCUT2D eigenvalue weighted by atomic mass is 16.5. The van der Waals surface area contributed by atoms with E-state index in [0.29, 0.717) is 5.76 Å². The first-order chi connectivity index (χ1) is 8.83. The number of hydrogen-bond acceptors (Lipinski definition) is 4. The van der Waals surface area contributed by atoms with E-state index in [-0.39, 0.29) is 11.3 Å². The lowest BCUT2D eigenvalue weighted by Gasteiger charge is -2.41. The van der Waals surface area contributed by atoms with Gasteiger partial charge in [0.1, 0.15) is 0 Å². The number of carbonyl (C=O) groups excluding carboxylic acids is 1. The summed E-state index contributed by atoms with van der Waals surface area (Å²) in [5, 5.41) is 0. The molecule has 2 fully saturated rings. The van der Waals surface area contributed by atoms with E-state index in [1.54, 1.807) is 18.4 Å². The van der Waals surface area contributed by atoms with Crippen molar-refractivity contribution in [2.24, 2.45) is 0 Å². The zero-order chi connectivity index (χ0) is 12.4. The zero-order valence-corrected chi connectivity index (χ0v) is 10.6. The molecular formula is C14H19NO3. The predicted octanol–water partition coefficient (Wildman–Crippen LogP) is 2.11. The van der Waals surface area contributed by atoms with Gasteiger partial charge in [0.25, 0.3) is 0 Å². The first-order valence-electron chi connectivity index (χ1n) is 6.74. The molecule has 0 bridgehead atoms. The molecule has 0 radical (unpaired) electrons. The number of hydrogen-bond donors (Lipinski definition) is 0. The molecule has 2 heterocycles. The van der Waals surface area contributed by atoms with Gasteiger partial charge in [0, 0.05) is 13.1 Å². The Kier molecular flexibility index (Phi) is 3.22. The van der Waals surface area contributed by atoms with Crippen molar-refractivity contribution < 1.29 is 13.9 Å². The molecule has 1 aromatic rings. The van der Waals surface area contributed by atoms with Crippen LogP contribution in [0.4, 0.5) is 0 Å². The summed E-state index contributed by atoms with van der Waals surface area (Å²) in [5.41, 5.74) is -0.332. The van der Waals surface area contributed by atoms with Gasteiger partial charge in [-0.3, -0.25) is 9.69 Å². The Morgan fingerprint density at radius 2 is 1.94 bits per heavy atom. The Bertz CT molecular complexity index is 401. The van der Waals surface area contributed by atoms with Crippen LogP contribution < -0.4 is 0 Å². The van der Waals surface area contributed by atoms with E-state index in [9.17, 15) is 4.79 Å². The summed E-state index contributed by atoms with van der Waals surface area (Å²) < 4.78 is 10.7. The van der Waals surface area contributed by atoms with Crippen molar-refractivity contribution in [2.75, 3.05) is 26.3 Å². The van der Waals surface area contributed by atoms with Crippen molar-refractivity contribution in [2.45, 2.75) is 31.2 Å². The molecule has 98 valence electrons. The Balaban J connectivity index is 1.88. The maximum absolute atomic E-state index is 12.8. The number of rotatable bonds is 3. The van der Waals surface area contributed by atoms with E-state index in [1.807, 2.05) is 0 Å². The average Bonchev–Trinajstić information content (AvgIpc) is 3.11. The van der Waals surface area contributed by atoms with E-state index in [2.05, 4.69) is 4.90 Å². The monoisotopic (exact) mass is 249 g/mol. The van der Waals surface area contributed by atoms with Crippen LogP contribution in [0.1, 0.15) is 36.2 Å². The topological polar surface area (TPSA) is 42.7 Å². The number of nitrogens with zero attached hydrogens (tertiary/aromatic N) is 1. The van der Waals surface area contributed by atoms with Crippen LogP contribution in [0.3, 0.4) is 0 Å². The second-order valence-electron chi connectivity index (χ2n) is 5.14. The average molecular weight is 249 g/mol. The lowest BCUT2D eigenvalue weighted by Crippen LogP contribution is -2.56. The molecule has 0 atom stereocenters. The normalized spacial score (nSPS) is 24.2. The van der Waals surface area contributed by atoms with Crippen LogP contribution in [0.2, 0.25) is 0 Å². The summed E-state index contributed by atoms with van der Waals surface area (Å²) in [6, 6.07) is 3.57. The van der Waals surface area contributed by atoms with Crippen LogP contribution >= 0.6 is 0 Å². The molecule has 1 aromatic heterocycles. The molecule has 0 unspecified atom stereocenters. The molecule has 0 N–H and O–H groups in total. The Morgan fingerprint density at radius 3 is 2.56 bits per heavy atom. The van der Waals surface area contributed by atoms with Crippen LogP contribution in [0.15, 0.2) is 22.8 Å². The smallest absolute Gasteiger partial charge is 0.218 e. The summed E-state index contributed by atoms with van der Waals surface area (Å²) >= 11 is 0. The molecule has 2 aliphatic rings. The highest BCUT2D eigenvalue weighted by Gasteiger charge is 2.47. The molecular weight excluding hydrogens is 230 g/mol. The number of Topliss-reactive ketones (excluding diaryl/α,β-unsaturated/α-hetero) is 1. The third-order valence-corrected chi connectivity index (χ3v) is 4.21. The molecule has 0 spiro atoms. The van der Waals surface area contributed by atoms with Crippen LogP contribution in [-0.2, 0) is 4.74 Å². The first-order valence-corrected chi connectivity index (χ1v) is 6.74. The lowest BCUT2D eigenvalue weighted by molar-refractivity contribution is -0.0139. The standard InChI is InChI=1S/C14H19NO3/c16-13(12-4-3-9-18-12)14(5-1-2-6-14)15-7-10-17-11-8-15/h3-4,9H,1-2,5-8,10-11H2. The maximum Gasteiger partial charge on any atom is 0.218 e. The van der Waals surface area contributed by atoms with Crippen molar-refractivity contribution in [3.05, 3.63) is 24.2 Å². The summed E-state index contributed by atoms with van der Waals surface area (Å²) in [6.07, 6.45) is 5.74.